The van der Waals surface area contributed by atoms with E-state index in [2.05, 4.69) is 15.0 Å². The molecule has 1 heterocycles. The van der Waals surface area contributed by atoms with Gasteiger partial charge in [0.2, 0.25) is 0 Å². The molecule has 0 aliphatic carbocycles. The van der Waals surface area contributed by atoms with E-state index < -0.39 is 6.36 Å². The molecule has 0 unspecified atom stereocenters. The van der Waals surface area contributed by atoms with E-state index in [9.17, 15) is 18.0 Å². The van der Waals surface area contributed by atoms with Crippen LogP contribution in [0.4, 0.5) is 13.2 Å². The van der Waals surface area contributed by atoms with Crippen molar-refractivity contribution in [1.29, 1.82) is 0 Å². The topological polar surface area (TPSA) is 56.2 Å². The molecule has 3 rings (SSSR count). The first-order valence-corrected chi connectivity index (χ1v) is 7.89. The zero-order valence-corrected chi connectivity index (χ0v) is 13.9. The van der Waals surface area contributed by atoms with E-state index in [1.165, 1.54) is 12.1 Å². The molecule has 0 saturated carbocycles. The molecule has 0 aliphatic heterocycles. The van der Waals surface area contributed by atoms with E-state index in [-0.39, 0.29) is 17.2 Å². The van der Waals surface area contributed by atoms with Crippen LogP contribution in [-0.4, -0.2) is 28.4 Å². The monoisotopic (exact) mass is 363 g/mol. The summed E-state index contributed by atoms with van der Waals surface area (Å²) in [4.78, 5) is 16.6. The maximum atomic E-state index is 12.1. The van der Waals surface area contributed by atoms with Gasteiger partial charge in [0.1, 0.15) is 11.6 Å². The summed E-state index contributed by atoms with van der Waals surface area (Å²) in [6, 6.07) is 12.5. The summed E-state index contributed by atoms with van der Waals surface area (Å²) >= 11 is 0. The molecule has 1 N–H and O–H groups in total. The van der Waals surface area contributed by atoms with Crippen molar-refractivity contribution in [3.8, 4) is 5.75 Å². The summed E-state index contributed by atoms with van der Waals surface area (Å²) in [6.07, 6.45) is -4.75. The zero-order valence-electron chi connectivity index (χ0n) is 13.9. The average molecular weight is 363 g/mol. The van der Waals surface area contributed by atoms with Crippen LogP contribution < -0.4 is 10.1 Å². The third kappa shape index (κ3) is 4.14. The Labute approximate surface area is 147 Å². The molecular weight excluding hydrogens is 347 g/mol. The van der Waals surface area contributed by atoms with Gasteiger partial charge in [0.25, 0.3) is 5.91 Å². The first-order chi connectivity index (χ1) is 12.3. The molecule has 0 spiro atoms. The quantitative estimate of drug-likeness (QED) is 0.752. The number of imidazole rings is 1. The molecule has 2 aromatic carbocycles. The van der Waals surface area contributed by atoms with Crippen LogP contribution in [0, 0.1) is 6.92 Å². The molecule has 5 nitrogen and oxygen atoms in total. The standard InChI is InChI=1S/C18H16F3N3O2/c1-12-23-15-4-2-3-5-16(15)24(12)11-10-22-17(25)13-6-8-14(9-7-13)26-18(19,20)21/h2-9H,10-11H2,1H3,(H,22,25). The second-order valence-corrected chi connectivity index (χ2v) is 5.63. The summed E-state index contributed by atoms with van der Waals surface area (Å²) in [5.41, 5.74) is 2.12. The molecule has 0 atom stereocenters. The number of carbonyl (C=O) groups excluding carboxylic acids is 1. The van der Waals surface area contributed by atoms with Crippen molar-refractivity contribution in [2.75, 3.05) is 6.54 Å². The Morgan fingerprint density at radius 1 is 1.15 bits per heavy atom. The summed E-state index contributed by atoms with van der Waals surface area (Å²) in [7, 11) is 0. The van der Waals surface area contributed by atoms with Crippen LogP contribution in [0.3, 0.4) is 0 Å². The van der Waals surface area contributed by atoms with E-state index in [0.717, 1.165) is 29.0 Å². The summed E-state index contributed by atoms with van der Waals surface area (Å²) in [5, 5.41) is 2.75. The van der Waals surface area contributed by atoms with E-state index in [4.69, 9.17) is 0 Å². The van der Waals surface area contributed by atoms with Gasteiger partial charge in [-0.15, -0.1) is 13.2 Å². The average Bonchev–Trinajstić information content (AvgIpc) is 2.90. The number of halogens is 3. The number of alkyl halides is 3. The second kappa shape index (κ2) is 7.07. The highest BCUT2D eigenvalue weighted by Gasteiger charge is 2.31. The number of hydrogen-bond donors (Lipinski definition) is 1. The van der Waals surface area contributed by atoms with Crippen molar-refractivity contribution >= 4 is 16.9 Å². The highest BCUT2D eigenvalue weighted by molar-refractivity contribution is 5.94. The fourth-order valence-electron chi connectivity index (χ4n) is 2.67. The minimum absolute atomic E-state index is 0.256. The first kappa shape index (κ1) is 17.8. The Morgan fingerprint density at radius 2 is 1.85 bits per heavy atom. The number of ether oxygens (including phenoxy) is 1. The number of para-hydroxylation sites is 2. The number of nitrogens with zero attached hydrogens (tertiary/aromatic N) is 2. The maximum Gasteiger partial charge on any atom is 0.573 e. The molecule has 1 amide bonds. The second-order valence-electron chi connectivity index (χ2n) is 5.63. The molecule has 8 heteroatoms. The summed E-state index contributed by atoms with van der Waals surface area (Å²) in [5.74, 6) is 0.106. The molecule has 26 heavy (non-hydrogen) atoms. The Bertz CT molecular complexity index is 918. The Morgan fingerprint density at radius 3 is 2.54 bits per heavy atom. The van der Waals surface area contributed by atoms with Crippen molar-refractivity contribution in [2.24, 2.45) is 0 Å². The van der Waals surface area contributed by atoms with Crippen LogP contribution in [-0.2, 0) is 6.54 Å². The molecule has 0 aliphatic rings. The molecule has 3 aromatic rings. The van der Waals surface area contributed by atoms with Gasteiger partial charge in [-0.2, -0.15) is 0 Å². The van der Waals surface area contributed by atoms with E-state index >= 15 is 0 Å². The minimum atomic E-state index is -4.75. The number of aromatic nitrogens is 2. The van der Waals surface area contributed by atoms with Crippen molar-refractivity contribution in [3.05, 3.63) is 59.9 Å². The number of nitrogens with one attached hydrogen (secondary N) is 1. The Balaban J connectivity index is 1.59. The molecule has 0 radical (unpaired) electrons. The van der Waals surface area contributed by atoms with Gasteiger partial charge < -0.3 is 14.6 Å². The number of fused-ring (bicyclic) bond motifs is 1. The SMILES string of the molecule is Cc1nc2ccccc2n1CCNC(=O)c1ccc(OC(F)(F)F)cc1. The van der Waals surface area contributed by atoms with Gasteiger partial charge in [-0.05, 0) is 43.3 Å². The molecular formula is C18H16F3N3O2. The molecule has 0 bridgehead atoms. The van der Waals surface area contributed by atoms with E-state index in [0.29, 0.717) is 13.1 Å². The van der Waals surface area contributed by atoms with Crippen LogP contribution in [0.25, 0.3) is 11.0 Å². The summed E-state index contributed by atoms with van der Waals surface area (Å²) < 4.78 is 42.2. The van der Waals surface area contributed by atoms with E-state index in [1.54, 1.807) is 0 Å². The molecule has 1 aromatic heterocycles. The minimum Gasteiger partial charge on any atom is -0.406 e. The van der Waals surface area contributed by atoms with Crippen molar-refractivity contribution in [3.63, 3.8) is 0 Å². The van der Waals surface area contributed by atoms with Gasteiger partial charge in [0.15, 0.2) is 0 Å². The lowest BCUT2D eigenvalue weighted by Crippen LogP contribution is -2.27. The largest absolute Gasteiger partial charge is 0.573 e. The number of hydrogen-bond acceptors (Lipinski definition) is 3. The van der Waals surface area contributed by atoms with Crippen molar-refractivity contribution in [2.45, 2.75) is 19.8 Å². The highest BCUT2D eigenvalue weighted by atomic mass is 19.4. The number of carbonyl (C=O) groups is 1. The van der Waals surface area contributed by atoms with Gasteiger partial charge in [-0.3, -0.25) is 4.79 Å². The Hall–Kier alpha value is -3.03. The first-order valence-electron chi connectivity index (χ1n) is 7.89. The van der Waals surface area contributed by atoms with Crippen molar-refractivity contribution in [1.82, 2.24) is 14.9 Å². The number of benzene rings is 2. The third-order valence-electron chi connectivity index (χ3n) is 3.82. The predicted octanol–water partition coefficient (Wildman–Crippen LogP) is 3.67. The van der Waals surface area contributed by atoms with Gasteiger partial charge >= 0.3 is 6.36 Å². The number of rotatable bonds is 5. The third-order valence-corrected chi connectivity index (χ3v) is 3.82. The van der Waals surface area contributed by atoms with Crippen LogP contribution in [0.2, 0.25) is 0 Å². The van der Waals surface area contributed by atoms with E-state index in [1.807, 2.05) is 35.8 Å². The number of amides is 1. The highest BCUT2D eigenvalue weighted by Crippen LogP contribution is 2.22. The van der Waals surface area contributed by atoms with Crippen LogP contribution in [0.5, 0.6) is 5.75 Å². The van der Waals surface area contributed by atoms with Crippen LogP contribution >= 0.6 is 0 Å². The van der Waals surface area contributed by atoms with Crippen LogP contribution in [0.15, 0.2) is 48.5 Å². The van der Waals surface area contributed by atoms with Gasteiger partial charge in [-0.25, -0.2) is 4.98 Å². The lowest BCUT2D eigenvalue weighted by atomic mass is 10.2. The maximum absolute atomic E-state index is 12.1. The zero-order chi connectivity index (χ0) is 18.7. The number of aryl methyl sites for hydroxylation is 1. The lowest BCUT2D eigenvalue weighted by molar-refractivity contribution is -0.274. The Kier molecular flexibility index (Phi) is 4.83. The summed E-state index contributed by atoms with van der Waals surface area (Å²) in [6.45, 7) is 2.79. The van der Waals surface area contributed by atoms with Gasteiger partial charge in [0, 0.05) is 18.7 Å². The van der Waals surface area contributed by atoms with Gasteiger partial charge in [-0.1, -0.05) is 12.1 Å². The predicted molar refractivity (Wildman–Crippen MR) is 89.9 cm³/mol. The fraction of sp³-hybridized carbons (Fsp3) is 0.222. The van der Waals surface area contributed by atoms with Crippen LogP contribution in [0.1, 0.15) is 16.2 Å². The van der Waals surface area contributed by atoms with Crippen molar-refractivity contribution < 1.29 is 22.7 Å². The lowest BCUT2D eigenvalue weighted by Gasteiger charge is -2.10. The van der Waals surface area contributed by atoms with Gasteiger partial charge in [0.05, 0.1) is 11.0 Å². The fourth-order valence-corrected chi connectivity index (χ4v) is 2.67. The molecule has 0 fully saturated rings. The normalized spacial score (nSPS) is 11.5. The molecule has 136 valence electrons. The smallest absolute Gasteiger partial charge is 0.406 e. The molecule has 0 saturated heterocycles.